The molecule has 6 heteroatoms. The second-order valence-electron chi connectivity index (χ2n) is 4.40. The van der Waals surface area contributed by atoms with Crippen LogP contribution < -0.4 is 10.6 Å². The summed E-state index contributed by atoms with van der Waals surface area (Å²) in [7, 11) is 0. The predicted molar refractivity (Wildman–Crippen MR) is 77.3 cm³/mol. The van der Waals surface area contributed by atoms with E-state index in [4.69, 9.17) is 9.84 Å². The molecule has 20 heavy (non-hydrogen) atoms. The van der Waals surface area contributed by atoms with Crippen molar-refractivity contribution in [3.63, 3.8) is 0 Å². The van der Waals surface area contributed by atoms with Crippen LogP contribution in [0.5, 0.6) is 0 Å². The Hall–Kier alpha value is -2.24. The largest absolute Gasteiger partial charge is 0.465 e. The minimum Gasteiger partial charge on any atom is -0.465 e. The summed E-state index contributed by atoms with van der Waals surface area (Å²) in [6, 6.07) is 5.06. The Kier molecular flexibility index (Phi) is 6.36. The summed E-state index contributed by atoms with van der Waals surface area (Å²) in [5.74, 6) is 0. The van der Waals surface area contributed by atoms with Gasteiger partial charge in [0.1, 0.15) is 0 Å². The SMILES string of the molecule is CCCCCOC(=O)Nc1c(C)cccc1NC(=O)O. The van der Waals surface area contributed by atoms with E-state index in [1.54, 1.807) is 25.1 Å². The Labute approximate surface area is 118 Å². The first-order valence-corrected chi connectivity index (χ1v) is 6.58. The molecule has 0 fully saturated rings. The number of hydrogen-bond donors (Lipinski definition) is 3. The fourth-order valence-electron chi connectivity index (χ4n) is 1.71. The second-order valence-corrected chi connectivity index (χ2v) is 4.40. The van der Waals surface area contributed by atoms with Crippen molar-refractivity contribution in [1.82, 2.24) is 0 Å². The third-order valence-corrected chi connectivity index (χ3v) is 2.72. The predicted octanol–water partition coefficient (Wildman–Crippen LogP) is 3.82. The Morgan fingerprint density at radius 1 is 1.25 bits per heavy atom. The molecule has 6 nitrogen and oxygen atoms in total. The van der Waals surface area contributed by atoms with Crippen molar-refractivity contribution < 1.29 is 19.4 Å². The third kappa shape index (κ3) is 5.17. The number of hydrogen-bond acceptors (Lipinski definition) is 3. The van der Waals surface area contributed by atoms with Gasteiger partial charge in [0.2, 0.25) is 0 Å². The quantitative estimate of drug-likeness (QED) is 0.691. The van der Waals surface area contributed by atoms with Crippen LogP contribution in [-0.2, 0) is 4.74 Å². The van der Waals surface area contributed by atoms with Gasteiger partial charge in [-0.3, -0.25) is 10.6 Å². The highest BCUT2D eigenvalue weighted by Gasteiger charge is 2.11. The van der Waals surface area contributed by atoms with Gasteiger partial charge in [0.05, 0.1) is 18.0 Å². The van der Waals surface area contributed by atoms with Crippen LogP contribution in [0.1, 0.15) is 31.7 Å². The molecular weight excluding hydrogens is 260 g/mol. The zero-order chi connectivity index (χ0) is 15.0. The van der Waals surface area contributed by atoms with Crippen molar-refractivity contribution in [3.8, 4) is 0 Å². The average molecular weight is 280 g/mol. The number of amides is 2. The van der Waals surface area contributed by atoms with Gasteiger partial charge in [0, 0.05) is 0 Å². The molecular formula is C14H20N2O4. The van der Waals surface area contributed by atoms with Crippen LogP contribution in [0, 0.1) is 6.92 Å². The summed E-state index contributed by atoms with van der Waals surface area (Å²) in [6.45, 7) is 4.20. The number of anilines is 2. The first-order valence-electron chi connectivity index (χ1n) is 6.58. The number of para-hydroxylation sites is 1. The van der Waals surface area contributed by atoms with E-state index in [0.717, 1.165) is 24.8 Å². The van der Waals surface area contributed by atoms with Gasteiger partial charge in [-0.2, -0.15) is 0 Å². The lowest BCUT2D eigenvalue weighted by Gasteiger charge is -2.13. The Bertz CT molecular complexity index is 474. The fraction of sp³-hybridized carbons (Fsp3) is 0.429. The number of nitrogens with one attached hydrogen (secondary N) is 2. The summed E-state index contributed by atoms with van der Waals surface area (Å²) in [5.41, 5.74) is 1.49. The van der Waals surface area contributed by atoms with Crippen molar-refractivity contribution in [1.29, 1.82) is 0 Å². The zero-order valence-corrected chi connectivity index (χ0v) is 11.7. The highest BCUT2D eigenvalue weighted by molar-refractivity contribution is 5.95. The molecule has 0 unspecified atom stereocenters. The van der Waals surface area contributed by atoms with Crippen LogP contribution in [0.2, 0.25) is 0 Å². The molecule has 3 N–H and O–H groups in total. The number of carbonyl (C=O) groups excluding carboxylic acids is 1. The molecule has 1 aromatic carbocycles. The molecule has 0 aliphatic carbocycles. The van der Waals surface area contributed by atoms with Crippen molar-refractivity contribution in [3.05, 3.63) is 23.8 Å². The number of benzene rings is 1. The molecule has 0 aliphatic rings. The lowest BCUT2D eigenvalue weighted by atomic mass is 10.1. The topological polar surface area (TPSA) is 87.7 Å². The first-order chi connectivity index (χ1) is 9.54. The molecule has 2 amide bonds. The normalized spacial score (nSPS) is 9.90. The molecule has 1 aromatic rings. The molecule has 1 rings (SSSR count). The summed E-state index contributed by atoms with van der Waals surface area (Å²) >= 11 is 0. The maximum atomic E-state index is 11.7. The minimum absolute atomic E-state index is 0.322. The van der Waals surface area contributed by atoms with Gasteiger partial charge in [0.15, 0.2) is 0 Å². The highest BCUT2D eigenvalue weighted by Crippen LogP contribution is 2.25. The summed E-state index contributed by atoms with van der Waals surface area (Å²) in [6.07, 6.45) is 1.11. The molecule has 0 heterocycles. The van der Waals surface area contributed by atoms with Gasteiger partial charge in [-0.1, -0.05) is 31.9 Å². The zero-order valence-electron chi connectivity index (χ0n) is 11.7. The molecule has 0 radical (unpaired) electrons. The van der Waals surface area contributed by atoms with Gasteiger partial charge < -0.3 is 9.84 Å². The number of carboxylic acid groups (broad SMARTS) is 1. The van der Waals surface area contributed by atoms with Crippen molar-refractivity contribution in [2.45, 2.75) is 33.1 Å². The van der Waals surface area contributed by atoms with E-state index in [2.05, 4.69) is 17.6 Å². The number of carbonyl (C=O) groups is 2. The van der Waals surface area contributed by atoms with E-state index in [9.17, 15) is 9.59 Å². The fourth-order valence-corrected chi connectivity index (χ4v) is 1.71. The first kappa shape index (κ1) is 15.8. The molecule has 0 aliphatic heterocycles. The number of rotatable bonds is 6. The molecule has 0 aromatic heterocycles. The van der Waals surface area contributed by atoms with Gasteiger partial charge in [-0.05, 0) is 25.0 Å². The monoisotopic (exact) mass is 280 g/mol. The summed E-state index contributed by atoms with van der Waals surface area (Å²) < 4.78 is 5.04. The molecule has 0 bridgehead atoms. The third-order valence-electron chi connectivity index (χ3n) is 2.72. The Balaban J connectivity index is 2.65. The lowest BCUT2D eigenvalue weighted by molar-refractivity contribution is 0.159. The maximum Gasteiger partial charge on any atom is 0.411 e. The molecule has 0 saturated carbocycles. The Morgan fingerprint density at radius 2 is 2.00 bits per heavy atom. The van der Waals surface area contributed by atoms with Gasteiger partial charge in [0.25, 0.3) is 0 Å². The molecule has 0 atom stereocenters. The summed E-state index contributed by atoms with van der Waals surface area (Å²) in [4.78, 5) is 22.4. The van der Waals surface area contributed by atoms with Gasteiger partial charge >= 0.3 is 12.2 Å². The van der Waals surface area contributed by atoms with Gasteiger partial charge in [-0.25, -0.2) is 9.59 Å². The van der Waals surface area contributed by atoms with Crippen LogP contribution >= 0.6 is 0 Å². The number of aryl methyl sites for hydroxylation is 1. The number of ether oxygens (including phenoxy) is 1. The highest BCUT2D eigenvalue weighted by atomic mass is 16.5. The smallest absolute Gasteiger partial charge is 0.411 e. The number of unbranched alkanes of at least 4 members (excludes halogenated alkanes) is 2. The van der Waals surface area contributed by atoms with Crippen LogP contribution in [0.25, 0.3) is 0 Å². The van der Waals surface area contributed by atoms with E-state index in [1.807, 2.05) is 0 Å². The van der Waals surface area contributed by atoms with E-state index in [0.29, 0.717) is 18.0 Å². The average Bonchev–Trinajstić information content (AvgIpc) is 2.38. The second kappa shape index (κ2) is 8.04. The molecule has 0 saturated heterocycles. The van der Waals surface area contributed by atoms with Crippen LogP contribution in [0.4, 0.5) is 21.0 Å². The van der Waals surface area contributed by atoms with Crippen LogP contribution in [0.15, 0.2) is 18.2 Å². The van der Waals surface area contributed by atoms with E-state index in [-0.39, 0.29) is 0 Å². The Morgan fingerprint density at radius 3 is 2.65 bits per heavy atom. The summed E-state index contributed by atoms with van der Waals surface area (Å²) in [5, 5.41) is 13.6. The molecule has 0 spiro atoms. The van der Waals surface area contributed by atoms with Crippen molar-refractivity contribution in [2.24, 2.45) is 0 Å². The van der Waals surface area contributed by atoms with E-state index >= 15 is 0 Å². The standard InChI is InChI=1S/C14H20N2O4/c1-3-4-5-9-20-14(19)16-12-10(2)7-6-8-11(12)15-13(17)18/h6-8,15H,3-5,9H2,1-2H3,(H,16,19)(H,17,18). The molecule has 110 valence electrons. The van der Waals surface area contributed by atoms with Crippen molar-refractivity contribution >= 4 is 23.6 Å². The van der Waals surface area contributed by atoms with Crippen LogP contribution in [-0.4, -0.2) is 23.9 Å². The van der Waals surface area contributed by atoms with E-state index in [1.165, 1.54) is 0 Å². The maximum absolute atomic E-state index is 11.7. The minimum atomic E-state index is -1.19. The van der Waals surface area contributed by atoms with Crippen LogP contribution in [0.3, 0.4) is 0 Å². The van der Waals surface area contributed by atoms with Crippen molar-refractivity contribution in [2.75, 3.05) is 17.2 Å². The lowest BCUT2D eigenvalue weighted by Crippen LogP contribution is -2.17. The van der Waals surface area contributed by atoms with E-state index < -0.39 is 12.2 Å². The van der Waals surface area contributed by atoms with Gasteiger partial charge in [-0.15, -0.1) is 0 Å².